The fraction of sp³-hybridized carbons (Fsp3) is 0.174. The molecule has 0 bridgehead atoms. The lowest BCUT2D eigenvalue weighted by atomic mass is 10.1. The molecule has 0 aliphatic carbocycles. The zero-order valence-corrected chi connectivity index (χ0v) is 20.2. The molecule has 0 amide bonds. The summed E-state index contributed by atoms with van der Waals surface area (Å²) in [6.45, 7) is 2.04. The SMILES string of the molecule is CCN(c1ccccc1)S(=O)(=O)c1ccc(-n2[nH]cc(Cc3cncc(OC)c3)c2=O)nc1.Cl. The molecular formula is C23H24ClN5O4S. The number of ether oxygens (including phenoxy) is 1. The Morgan fingerprint density at radius 3 is 2.50 bits per heavy atom. The lowest BCUT2D eigenvalue weighted by Crippen LogP contribution is -2.30. The Labute approximate surface area is 203 Å². The number of nitrogens with one attached hydrogen (secondary N) is 1. The topological polar surface area (TPSA) is 110 Å². The number of hydrogen-bond donors (Lipinski definition) is 1. The zero-order chi connectivity index (χ0) is 23.4. The number of anilines is 1. The van der Waals surface area contributed by atoms with E-state index >= 15 is 0 Å². The minimum Gasteiger partial charge on any atom is -0.495 e. The number of H-pyrrole nitrogens is 1. The normalized spacial score (nSPS) is 11.0. The summed E-state index contributed by atoms with van der Waals surface area (Å²) in [4.78, 5) is 21.2. The molecule has 9 nitrogen and oxygen atoms in total. The van der Waals surface area contributed by atoms with Crippen LogP contribution in [-0.4, -0.2) is 41.8 Å². The molecule has 4 aromatic rings. The Hall–Kier alpha value is -3.63. The van der Waals surface area contributed by atoms with Crippen LogP contribution in [0.1, 0.15) is 18.1 Å². The number of aromatic nitrogens is 4. The molecule has 0 unspecified atom stereocenters. The van der Waals surface area contributed by atoms with Crippen molar-refractivity contribution in [3.05, 3.63) is 94.8 Å². The highest BCUT2D eigenvalue weighted by Gasteiger charge is 2.24. The molecule has 0 radical (unpaired) electrons. The maximum absolute atomic E-state index is 13.1. The van der Waals surface area contributed by atoms with E-state index in [0.717, 1.165) is 5.56 Å². The van der Waals surface area contributed by atoms with E-state index in [1.165, 1.54) is 27.3 Å². The zero-order valence-electron chi connectivity index (χ0n) is 18.6. The first kappa shape index (κ1) is 25.0. The van der Waals surface area contributed by atoms with Crippen LogP contribution in [0.25, 0.3) is 5.82 Å². The number of methoxy groups -OCH3 is 1. The van der Waals surface area contributed by atoms with Gasteiger partial charge in [0, 0.05) is 37.1 Å². The molecule has 0 spiro atoms. The van der Waals surface area contributed by atoms with E-state index in [4.69, 9.17) is 4.74 Å². The predicted octanol–water partition coefficient (Wildman–Crippen LogP) is 3.19. The van der Waals surface area contributed by atoms with E-state index in [9.17, 15) is 13.2 Å². The molecule has 0 saturated heterocycles. The first-order valence-corrected chi connectivity index (χ1v) is 11.7. The van der Waals surface area contributed by atoms with E-state index in [1.807, 2.05) is 12.1 Å². The molecule has 11 heteroatoms. The maximum atomic E-state index is 13.1. The van der Waals surface area contributed by atoms with Crippen molar-refractivity contribution in [2.45, 2.75) is 18.2 Å². The molecule has 4 rings (SSSR count). The largest absolute Gasteiger partial charge is 0.495 e. The Morgan fingerprint density at radius 1 is 1.09 bits per heavy atom. The summed E-state index contributed by atoms with van der Waals surface area (Å²) < 4.78 is 34.0. The lowest BCUT2D eigenvalue weighted by Gasteiger charge is -2.22. The second-order valence-corrected chi connectivity index (χ2v) is 9.07. The number of aromatic amines is 1. The van der Waals surface area contributed by atoms with Crippen molar-refractivity contribution >= 4 is 28.1 Å². The van der Waals surface area contributed by atoms with Gasteiger partial charge in [-0.3, -0.25) is 19.2 Å². The number of hydrogen-bond acceptors (Lipinski definition) is 6. The van der Waals surface area contributed by atoms with Gasteiger partial charge in [-0.05, 0) is 42.8 Å². The summed E-state index contributed by atoms with van der Waals surface area (Å²) in [5.74, 6) is 0.898. The van der Waals surface area contributed by atoms with Gasteiger partial charge in [0.05, 0.1) is 19.0 Å². The van der Waals surface area contributed by atoms with E-state index in [1.54, 1.807) is 56.9 Å². The Morgan fingerprint density at radius 2 is 1.85 bits per heavy atom. The van der Waals surface area contributed by atoms with Crippen molar-refractivity contribution < 1.29 is 13.2 Å². The Kier molecular flexibility index (Phi) is 7.75. The van der Waals surface area contributed by atoms with E-state index in [0.29, 0.717) is 23.4 Å². The third-order valence-corrected chi connectivity index (χ3v) is 7.00. The Balaban J connectivity index is 0.00000324. The summed E-state index contributed by atoms with van der Waals surface area (Å²) in [6, 6.07) is 13.6. The van der Waals surface area contributed by atoms with Crippen molar-refractivity contribution in [3.8, 4) is 11.6 Å². The number of benzene rings is 1. The number of pyridine rings is 2. The van der Waals surface area contributed by atoms with Gasteiger partial charge >= 0.3 is 0 Å². The van der Waals surface area contributed by atoms with Gasteiger partial charge in [0.15, 0.2) is 5.82 Å². The first-order chi connectivity index (χ1) is 15.9. The fourth-order valence-corrected chi connectivity index (χ4v) is 4.88. The highest BCUT2D eigenvalue weighted by Crippen LogP contribution is 2.23. The standard InChI is InChI=1S/C23H23N5O4S.ClH/c1-3-27(19-7-5-4-6-8-19)33(30,31)21-9-10-22(25-16-21)28-23(29)18(14-26-28)11-17-12-20(32-2)15-24-13-17;/h4-10,12-16,26H,3,11H2,1-2H3;1H. The van der Waals surface area contributed by atoms with Crippen LogP contribution in [0.2, 0.25) is 0 Å². The smallest absolute Gasteiger partial charge is 0.276 e. The molecular weight excluding hydrogens is 478 g/mol. The van der Waals surface area contributed by atoms with Crippen LogP contribution < -0.4 is 14.6 Å². The third-order valence-electron chi connectivity index (χ3n) is 5.11. The first-order valence-electron chi connectivity index (χ1n) is 10.3. The summed E-state index contributed by atoms with van der Waals surface area (Å²) >= 11 is 0. The van der Waals surface area contributed by atoms with Crippen molar-refractivity contribution in [1.82, 2.24) is 19.7 Å². The summed E-state index contributed by atoms with van der Waals surface area (Å²) in [5, 5.41) is 2.89. The van der Waals surface area contributed by atoms with Crippen LogP contribution in [0, 0.1) is 0 Å². The highest BCUT2D eigenvalue weighted by atomic mass is 35.5. The molecule has 178 valence electrons. The van der Waals surface area contributed by atoms with Crippen LogP contribution >= 0.6 is 12.4 Å². The van der Waals surface area contributed by atoms with Crippen molar-refractivity contribution in [2.75, 3.05) is 18.0 Å². The van der Waals surface area contributed by atoms with Crippen LogP contribution in [0.15, 0.2) is 83.0 Å². The van der Waals surface area contributed by atoms with E-state index in [2.05, 4.69) is 15.1 Å². The fourth-order valence-electron chi connectivity index (χ4n) is 3.47. The molecule has 3 heterocycles. The summed E-state index contributed by atoms with van der Waals surface area (Å²) in [7, 11) is -2.25. The van der Waals surface area contributed by atoms with E-state index in [-0.39, 0.29) is 35.2 Å². The quantitative estimate of drug-likeness (QED) is 0.397. The van der Waals surface area contributed by atoms with Crippen molar-refractivity contribution in [2.24, 2.45) is 0 Å². The average molecular weight is 502 g/mol. The Bertz CT molecular complexity index is 1400. The highest BCUT2D eigenvalue weighted by molar-refractivity contribution is 7.92. The maximum Gasteiger partial charge on any atom is 0.276 e. The van der Waals surface area contributed by atoms with Gasteiger partial charge in [-0.15, -0.1) is 12.4 Å². The number of para-hydroxylation sites is 1. The molecule has 0 aliphatic heterocycles. The second-order valence-electron chi connectivity index (χ2n) is 7.21. The van der Waals surface area contributed by atoms with Crippen molar-refractivity contribution in [1.29, 1.82) is 0 Å². The second kappa shape index (κ2) is 10.5. The van der Waals surface area contributed by atoms with Crippen molar-refractivity contribution in [3.63, 3.8) is 0 Å². The number of rotatable bonds is 8. The summed E-state index contributed by atoms with van der Waals surface area (Å²) in [6.07, 6.45) is 6.48. The molecule has 0 aliphatic rings. The molecule has 1 N–H and O–H groups in total. The van der Waals surface area contributed by atoms with Gasteiger partial charge in [0.25, 0.3) is 15.6 Å². The molecule has 0 atom stereocenters. The van der Waals surface area contributed by atoms with Gasteiger partial charge in [-0.25, -0.2) is 18.1 Å². The van der Waals surface area contributed by atoms with Gasteiger partial charge in [-0.1, -0.05) is 18.2 Å². The molecule has 34 heavy (non-hydrogen) atoms. The third kappa shape index (κ3) is 4.97. The van der Waals surface area contributed by atoms with Gasteiger partial charge in [0.1, 0.15) is 10.6 Å². The molecule has 3 aromatic heterocycles. The van der Waals surface area contributed by atoms with Crippen LogP contribution in [-0.2, 0) is 16.4 Å². The summed E-state index contributed by atoms with van der Waals surface area (Å²) in [5.41, 5.74) is 1.64. The van der Waals surface area contributed by atoms with E-state index < -0.39 is 10.0 Å². The van der Waals surface area contributed by atoms with Crippen LogP contribution in [0.5, 0.6) is 5.75 Å². The number of sulfonamides is 1. The van der Waals surface area contributed by atoms with Gasteiger partial charge < -0.3 is 4.74 Å². The average Bonchev–Trinajstić information content (AvgIpc) is 3.20. The molecule has 0 saturated carbocycles. The minimum absolute atomic E-state index is 0. The number of nitrogens with zero attached hydrogens (tertiary/aromatic N) is 4. The monoisotopic (exact) mass is 501 g/mol. The minimum atomic E-state index is -3.80. The molecule has 1 aromatic carbocycles. The molecule has 0 fully saturated rings. The lowest BCUT2D eigenvalue weighted by molar-refractivity contribution is 0.412. The van der Waals surface area contributed by atoms with Crippen LogP contribution in [0.4, 0.5) is 5.69 Å². The van der Waals surface area contributed by atoms with Crippen LogP contribution in [0.3, 0.4) is 0 Å². The number of halogens is 1. The van der Waals surface area contributed by atoms with Gasteiger partial charge in [-0.2, -0.15) is 0 Å². The van der Waals surface area contributed by atoms with Gasteiger partial charge in [0.2, 0.25) is 0 Å². The predicted molar refractivity (Wildman–Crippen MR) is 132 cm³/mol.